The minimum absolute atomic E-state index is 0.0489. The van der Waals surface area contributed by atoms with Gasteiger partial charge in [0.15, 0.2) is 5.03 Å². The molecule has 0 atom stereocenters. The first-order valence-electron chi connectivity index (χ1n) is 11.5. The minimum atomic E-state index is -4.05. The van der Waals surface area contributed by atoms with E-state index in [-0.39, 0.29) is 34.3 Å². The van der Waals surface area contributed by atoms with Gasteiger partial charge in [-0.3, -0.25) is 0 Å². The van der Waals surface area contributed by atoms with Crippen molar-refractivity contribution in [2.75, 3.05) is 20.2 Å². The molecular formula is C26H32N2O7S. The van der Waals surface area contributed by atoms with Gasteiger partial charge in [-0.1, -0.05) is 30.3 Å². The van der Waals surface area contributed by atoms with Crippen LogP contribution in [-0.4, -0.2) is 62.0 Å². The highest BCUT2D eigenvalue weighted by atomic mass is 32.2. The average Bonchev–Trinajstić information content (AvgIpc) is 3.19. The predicted molar refractivity (Wildman–Crippen MR) is 135 cm³/mol. The van der Waals surface area contributed by atoms with E-state index in [1.54, 1.807) is 78.1 Å². The van der Waals surface area contributed by atoms with Crippen molar-refractivity contribution in [2.45, 2.75) is 56.2 Å². The van der Waals surface area contributed by atoms with Crippen LogP contribution in [0.2, 0.25) is 0 Å². The Bertz CT molecular complexity index is 1340. The SMILES string of the molecule is CC(C)OC(=O)n1c(S(=O)(=O)c2ccccc2)cc2cccc(OCCN(C)C(=O)OC(C)(C)C)c21. The summed E-state index contributed by atoms with van der Waals surface area (Å²) in [4.78, 5) is 26.8. The molecule has 3 rings (SSSR count). The predicted octanol–water partition coefficient (Wildman–Crippen LogP) is 5.11. The van der Waals surface area contributed by atoms with Gasteiger partial charge in [0.2, 0.25) is 9.84 Å². The van der Waals surface area contributed by atoms with Crippen molar-refractivity contribution in [2.24, 2.45) is 0 Å². The van der Waals surface area contributed by atoms with Crippen molar-refractivity contribution in [3.63, 3.8) is 0 Å². The number of carbonyl (C=O) groups excluding carboxylic acids is 2. The summed E-state index contributed by atoms with van der Waals surface area (Å²) in [7, 11) is -2.47. The van der Waals surface area contributed by atoms with Gasteiger partial charge < -0.3 is 19.1 Å². The molecule has 1 aromatic heterocycles. The van der Waals surface area contributed by atoms with Gasteiger partial charge in [-0.15, -0.1) is 0 Å². The molecule has 2 aromatic carbocycles. The van der Waals surface area contributed by atoms with Crippen LogP contribution >= 0.6 is 0 Å². The molecule has 0 saturated carbocycles. The number of ether oxygens (including phenoxy) is 3. The van der Waals surface area contributed by atoms with Crippen molar-refractivity contribution >= 4 is 32.9 Å². The van der Waals surface area contributed by atoms with Crippen LogP contribution in [0.1, 0.15) is 34.6 Å². The van der Waals surface area contributed by atoms with Crippen molar-refractivity contribution in [1.82, 2.24) is 9.47 Å². The van der Waals surface area contributed by atoms with Crippen molar-refractivity contribution in [3.8, 4) is 5.75 Å². The Morgan fingerprint density at radius 3 is 2.31 bits per heavy atom. The van der Waals surface area contributed by atoms with E-state index < -0.39 is 33.7 Å². The van der Waals surface area contributed by atoms with Crippen LogP contribution < -0.4 is 4.74 Å². The smallest absolute Gasteiger partial charge is 0.419 e. The second-order valence-electron chi connectivity index (χ2n) is 9.51. The van der Waals surface area contributed by atoms with E-state index in [0.717, 1.165) is 4.57 Å². The average molecular weight is 517 g/mol. The number of nitrogens with zero attached hydrogens (tertiary/aromatic N) is 2. The Hall–Kier alpha value is -3.53. The van der Waals surface area contributed by atoms with Gasteiger partial charge in [-0.2, -0.15) is 0 Å². The van der Waals surface area contributed by atoms with Crippen LogP contribution in [0.5, 0.6) is 5.75 Å². The zero-order valence-corrected chi connectivity index (χ0v) is 22.2. The first kappa shape index (κ1) is 27.1. The highest BCUT2D eigenvalue weighted by molar-refractivity contribution is 7.91. The maximum Gasteiger partial charge on any atom is 0.419 e. The Labute approximate surface area is 211 Å². The largest absolute Gasteiger partial charge is 0.490 e. The summed E-state index contributed by atoms with van der Waals surface area (Å²) in [5.74, 6) is 0.278. The van der Waals surface area contributed by atoms with Crippen LogP contribution in [0.4, 0.5) is 9.59 Å². The normalized spacial score (nSPS) is 12.0. The Kier molecular flexibility index (Phi) is 7.98. The van der Waals surface area contributed by atoms with Gasteiger partial charge in [0.25, 0.3) is 0 Å². The lowest BCUT2D eigenvalue weighted by molar-refractivity contribution is 0.0278. The quantitative estimate of drug-likeness (QED) is 0.430. The Balaban J connectivity index is 2.00. The van der Waals surface area contributed by atoms with E-state index in [0.29, 0.717) is 5.39 Å². The third kappa shape index (κ3) is 6.17. The number of fused-ring (bicyclic) bond motifs is 1. The minimum Gasteiger partial charge on any atom is -0.490 e. The molecule has 9 nitrogen and oxygen atoms in total. The topological polar surface area (TPSA) is 104 Å². The lowest BCUT2D eigenvalue weighted by Crippen LogP contribution is -2.36. The number of benzene rings is 2. The monoisotopic (exact) mass is 516 g/mol. The van der Waals surface area contributed by atoms with E-state index in [1.165, 1.54) is 23.1 Å². The molecule has 0 N–H and O–H groups in total. The molecule has 10 heteroatoms. The van der Waals surface area contributed by atoms with Gasteiger partial charge in [-0.25, -0.2) is 22.6 Å². The molecule has 36 heavy (non-hydrogen) atoms. The summed E-state index contributed by atoms with van der Waals surface area (Å²) in [6.45, 7) is 8.99. The first-order chi connectivity index (χ1) is 16.8. The van der Waals surface area contributed by atoms with Crippen molar-refractivity contribution in [1.29, 1.82) is 0 Å². The number of likely N-dealkylation sites (N-methyl/N-ethyl adjacent to an activating group) is 1. The van der Waals surface area contributed by atoms with Crippen LogP contribution in [0.15, 0.2) is 64.5 Å². The molecule has 1 amide bonds. The van der Waals surface area contributed by atoms with E-state index in [4.69, 9.17) is 14.2 Å². The number of carbonyl (C=O) groups is 2. The highest BCUT2D eigenvalue weighted by Crippen LogP contribution is 2.34. The number of aromatic nitrogens is 1. The van der Waals surface area contributed by atoms with Gasteiger partial charge in [0.05, 0.1) is 17.5 Å². The van der Waals surface area contributed by atoms with Crippen LogP contribution in [-0.2, 0) is 19.3 Å². The molecular weight excluding hydrogens is 484 g/mol. The number of sulfone groups is 1. The molecule has 0 fully saturated rings. The molecule has 194 valence electrons. The van der Waals surface area contributed by atoms with Crippen LogP contribution in [0, 0.1) is 0 Å². The molecule has 0 aliphatic rings. The van der Waals surface area contributed by atoms with E-state index in [2.05, 4.69) is 0 Å². The second kappa shape index (κ2) is 10.6. The number of rotatable bonds is 7. The third-order valence-electron chi connectivity index (χ3n) is 4.99. The number of hydrogen-bond donors (Lipinski definition) is 0. The lowest BCUT2D eigenvalue weighted by Gasteiger charge is -2.24. The summed E-state index contributed by atoms with van der Waals surface area (Å²) in [5.41, 5.74) is -0.367. The Morgan fingerprint density at radius 1 is 1.03 bits per heavy atom. The second-order valence-corrected chi connectivity index (χ2v) is 11.4. The van der Waals surface area contributed by atoms with E-state index in [1.807, 2.05) is 0 Å². The lowest BCUT2D eigenvalue weighted by atomic mass is 10.2. The molecule has 0 bridgehead atoms. The fourth-order valence-corrected chi connectivity index (χ4v) is 4.84. The molecule has 0 radical (unpaired) electrons. The maximum atomic E-state index is 13.5. The fraction of sp³-hybridized carbons (Fsp3) is 0.385. The summed E-state index contributed by atoms with van der Waals surface area (Å²) >= 11 is 0. The van der Waals surface area contributed by atoms with Crippen LogP contribution in [0.25, 0.3) is 10.9 Å². The zero-order valence-electron chi connectivity index (χ0n) is 21.3. The summed E-state index contributed by atoms with van der Waals surface area (Å²) in [5, 5.41) is 0.263. The fourth-order valence-electron chi connectivity index (χ4n) is 3.40. The molecule has 0 spiro atoms. The van der Waals surface area contributed by atoms with Crippen molar-refractivity contribution < 1.29 is 32.2 Å². The standard InChI is InChI=1S/C26H32N2O7S/c1-18(2)34-25(30)28-22(36(31,32)20-12-8-7-9-13-20)17-19-11-10-14-21(23(19)28)33-16-15-27(6)24(29)35-26(3,4)5/h7-14,17-18H,15-16H2,1-6H3. The van der Waals surface area contributed by atoms with Gasteiger partial charge >= 0.3 is 12.2 Å². The molecule has 3 aromatic rings. The van der Waals surface area contributed by atoms with E-state index in [9.17, 15) is 18.0 Å². The molecule has 0 saturated heterocycles. The Morgan fingerprint density at radius 2 is 1.69 bits per heavy atom. The van der Waals surface area contributed by atoms with Crippen molar-refractivity contribution in [3.05, 3.63) is 54.6 Å². The number of hydrogen-bond acceptors (Lipinski definition) is 7. The number of para-hydroxylation sites is 1. The van der Waals surface area contributed by atoms with Crippen LogP contribution in [0.3, 0.4) is 0 Å². The summed E-state index contributed by atoms with van der Waals surface area (Å²) in [6, 6.07) is 14.3. The summed E-state index contributed by atoms with van der Waals surface area (Å²) in [6.07, 6.45) is -1.81. The molecule has 1 heterocycles. The molecule has 0 aliphatic carbocycles. The van der Waals surface area contributed by atoms with Gasteiger partial charge in [-0.05, 0) is 58.9 Å². The third-order valence-corrected chi connectivity index (χ3v) is 6.73. The number of amides is 1. The maximum absolute atomic E-state index is 13.5. The highest BCUT2D eigenvalue weighted by Gasteiger charge is 2.29. The summed E-state index contributed by atoms with van der Waals surface area (Å²) < 4.78 is 44.7. The van der Waals surface area contributed by atoms with Gasteiger partial charge in [0, 0.05) is 12.4 Å². The zero-order chi connectivity index (χ0) is 26.7. The molecule has 0 unspecified atom stereocenters. The van der Waals surface area contributed by atoms with Gasteiger partial charge in [0.1, 0.15) is 23.5 Å². The first-order valence-corrected chi connectivity index (χ1v) is 13.0. The van der Waals surface area contributed by atoms with E-state index >= 15 is 0 Å². The molecule has 0 aliphatic heterocycles.